The van der Waals surface area contributed by atoms with E-state index in [1.54, 1.807) is 42.5 Å². The summed E-state index contributed by atoms with van der Waals surface area (Å²) in [6.45, 7) is 0.165. The third kappa shape index (κ3) is 5.40. The van der Waals surface area contributed by atoms with Crippen LogP contribution in [0.1, 0.15) is 37.5 Å². The van der Waals surface area contributed by atoms with Crippen molar-refractivity contribution in [3.63, 3.8) is 0 Å². The fourth-order valence-corrected chi connectivity index (χ4v) is 4.86. The van der Waals surface area contributed by atoms with Crippen molar-refractivity contribution < 1.29 is 28.0 Å². The lowest BCUT2D eigenvalue weighted by atomic mass is 9.96. The Morgan fingerprint density at radius 1 is 0.756 bits per heavy atom. The van der Waals surface area contributed by atoms with Crippen LogP contribution in [0.25, 0.3) is 32.9 Å². The molecule has 0 atom stereocenters. The zero-order valence-electron chi connectivity index (χ0n) is 21.5. The Kier molecular flexibility index (Phi) is 6.73. The van der Waals surface area contributed by atoms with Gasteiger partial charge in [-0.3, -0.25) is 4.79 Å². The van der Waals surface area contributed by atoms with Crippen molar-refractivity contribution in [3.8, 4) is 11.1 Å². The molecule has 1 aromatic heterocycles. The van der Waals surface area contributed by atoms with Gasteiger partial charge in [-0.15, -0.1) is 0 Å². The van der Waals surface area contributed by atoms with Crippen LogP contribution in [-0.4, -0.2) is 22.1 Å². The van der Waals surface area contributed by atoms with Gasteiger partial charge in [-0.1, -0.05) is 53.7 Å². The van der Waals surface area contributed by atoms with Crippen LogP contribution in [0.5, 0.6) is 0 Å². The van der Waals surface area contributed by atoms with Gasteiger partial charge in [0.2, 0.25) is 0 Å². The number of benzene rings is 5. The van der Waals surface area contributed by atoms with E-state index in [2.05, 4.69) is 10.5 Å². The molecule has 0 bridgehead atoms. The number of aromatic nitrogens is 1. The summed E-state index contributed by atoms with van der Waals surface area (Å²) in [7, 11) is 0. The average molecular weight is 549 g/mol. The highest BCUT2D eigenvalue weighted by Gasteiger charge is 2.20. The second-order valence-electron chi connectivity index (χ2n) is 9.72. The van der Waals surface area contributed by atoms with Gasteiger partial charge < -0.3 is 14.9 Å². The number of hydrogen-bond donors (Lipinski definition) is 2. The minimum atomic E-state index is -1.03. The third-order valence-electron chi connectivity index (χ3n) is 6.96. The number of carbonyl (C=O) groups excluding carboxylic acids is 1. The molecule has 0 fully saturated rings. The number of nitrogens with zero attached hydrogens (tertiary/aromatic N) is 1. The standard InChI is InChI=1S/C33H22F2N2O4/c34-26-10-7-22(8-11-26)25-16-28(32(38)36-18-19-1-5-23(6-2-19)33(39)40)31-29(37-41-30(31)17-25)14-20-3-4-21-9-12-27(35)15-24(21)13-20/h1-13,15-17H,14,18H2,(H,36,38)(H,39,40). The minimum absolute atomic E-state index is 0.152. The summed E-state index contributed by atoms with van der Waals surface area (Å²) < 4.78 is 33.1. The van der Waals surface area contributed by atoms with Crippen LogP contribution in [0.3, 0.4) is 0 Å². The number of amides is 1. The molecule has 2 N–H and O–H groups in total. The van der Waals surface area contributed by atoms with Crippen molar-refractivity contribution in [1.82, 2.24) is 10.5 Å². The Hall–Kier alpha value is -5.37. The van der Waals surface area contributed by atoms with Gasteiger partial charge in [0.15, 0.2) is 5.58 Å². The number of halogens is 2. The molecule has 0 aliphatic carbocycles. The van der Waals surface area contributed by atoms with Crippen LogP contribution in [-0.2, 0) is 13.0 Å². The first-order chi connectivity index (χ1) is 19.8. The van der Waals surface area contributed by atoms with E-state index in [9.17, 15) is 18.4 Å². The van der Waals surface area contributed by atoms with Crippen LogP contribution in [0.15, 0.2) is 102 Å². The van der Waals surface area contributed by atoms with E-state index in [-0.39, 0.29) is 29.6 Å². The molecule has 0 unspecified atom stereocenters. The van der Waals surface area contributed by atoms with Crippen LogP contribution in [0.4, 0.5) is 8.78 Å². The van der Waals surface area contributed by atoms with Gasteiger partial charge >= 0.3 is 5.97 Å². The molecule has 0 saturated carbocycles. The monoisotopic (exact) mass is 548 g/mol. The molecule has 8 heteroatoms. The first-order valence-electron chi connectivity index (χ1n) is 12.8. The van der Waals surface area contributed by atoms with Crippen LogP contribution < -0.4 is 5.32 Å². The summed E-state index contributed by atoms with van der Waals surface area (Å²) in [5.74, 6) is -2.12. The summed E-state index contributed by atoms with van der Waals surface area (Å²) in [6.07, 6.45) is 0.340. The molecule has 6 nitrogen and oxygen atoms in total. The first-order valence-corrected chi connectivity index (χ1v) is 12.8. The molecule has 1 amide bonds. The predicted molar refractivity (Wildman–Crippen MR) is 151 cm³/mol. The number of nitrogens with one attached hydrogen (secondary N) is 1. The number of carboxylic acid groups (broad SMARTS) is 1. The molecule has 6 aromatic rings. The lowest BCUT2D eigenvalue weighted by Gasteiger charge is -2.10. The molecule has 5 aromatic carbocycles. The van der Waals surface area contributed by atoms with Gasteiger partial charge in [-0.25, -0.2) is 13.6 Å². The summed E-state index contributed by atoms with van der Waals surface area (Å²) in [5.41, 5.74) is 4.35. The molecular weight excluding hydrogens is 526 g/mol. The maximum absolute atomic E-state index is 13.8. The van der Waals surface area contributed by atoms with Gasteiger partial charge in [0, 0.05) is 13.0 Å². The Balaban J connectivity index is 1.37. The SMILES string of the molecule is O=C(O)c1ccc(CNC(=O)c2cc(-c3ccc(F)cc3)cc3onc(Cc4ccc5ccc(F)cc5c4)c23)cc1. The average Bonchev–Trinajstić information content (AvgIpc) is 3.38. The summed E-state index contributed by atoms with van der Waals surface area (Å²) in [5, 5.41) is 18.5. The normalized spacial score (nSPS) is 11.2. The maximum Gasteiger partial charge on any atom is 0.335 e. The van der Waals surface area contributed by atoms with E-state index >= 15 is 0 Å². The molecule has 0 aliphatic rings. The van der Waals surface area contributed by atoms with Crippen molar-refractivity contribution in [3.05, 3.63) is 137 Å². The Morgan fingerprint density at radius 3 is 2.22 bits per heavy atom. The fourth-order valence-electron chi connectivity index (χ4n) is 4.86. The van der Waals surface area contributed by atoms with E-state index in [1.165, 1.54) is 36.4 Å². The summed E-state index contributed by atoms with van der Waals surface area (Å²) in [4.78, 5) is 24.7. The van der Waals surface area contributed by atoms with Crippen molar-refractivity contribution in [2.24, 2.45) is 0 Å². The predicted octanol–water partition coefficient (Wildman–Crippen LogP) is 7.15. The number of hydrogen-bond acceptors (Lipinski definition) is 4. The first kappa shape index (κ1) is 25.9. The van der Waals surface area contributed by atoms with Gasteiger partial charge in [0.05, 0.1) is 22.2 Å². The topological polar surface area (TPSA) is 92.4 Å². The number of aromatic carboxylic acids is 1. The Labute approximate surface area is 232 Å². The molecule has 0 aliphatic heterocycles. The lowest BCUT2D eigenvalue weighted by molar-refractivity contribution is 0.0696. The zero-order chi connectivity index (χ0) is 28.5. The second-order valence-corrected chi connectivity index (χ2v) is 9.72. The summed E-state index contributed by atoms with van der Waals surface area (Å²) in [6, 6.07) is 25.9. The zero-order valence-corrected chi connectivity index (χ0v) is 21.5. The molecule has 1 heterocycles. The van der Waals surface area contributed by atoms with Crippen molar-refractivity contribution in [1.29, 1.82) is 0 Å². The molecule has 0 saturated heterocycles. The number of carbonyl (C=O) groups is 2. The second kappa shape index (κ2) is 10.7. The van der Waals surface area contributed by atoms with Crippen LogP contribution in [0.2, 0.25) is 0 Å². The van der Waals surface area contributed by atoms with E-state index < -0.39 is 5.97 Å². The number of fused-ring (bicyclic) bond motifs is 2. The van der Waals surface area contributed by atoms with Crippen LogP contribution in [0, 0.1) is 11.6 Å². The maximum atomic E-state index is 13.8. The van der Waals surface area contributed by atoms with Gasteiger partial charge in [0.1, 0.15) is 11.6 Å². The fraction of sp³-hybridized carbons (Fsp3) is 0.0606. The van der Waals surface area contributed by atoms with Gasteiger partial charge in [-0.2, -0.15) is 0 Å². The van der Waals surface area contributed by atoms with E-state index in [1.807, 2.05) is 18.2 Å². The molecule has 0 spiro atoms. The smallest absolute Gasteiger partial charge is 0.335 e. The van der Waals surface area contributed by atoms with Crippen molar-refractivity contribution >= 4 is 33.6 Å². The molecular formula is C33H22F2N2O4. The van der Waals surface area contributed by atoms with Crippen molar-refractivity contribution in [2.45, 2.75) is 13.0 Å². The highest BCUT2D eigenvalue weighted by Crippen LogP contribution is 2.32. The molecule has 41 heavy (non-hydrogen) atoms. The number of rotatable bonds is 7. The largest absolute Gasteiger partial charge is 0.478 e. The molecule has 202 valence electrons. The summed E-state index contributed by atoms with van der Waals surface area (Å²) >= 11 is 0. The number of carboxylic acids is 1. The lowest BCUT2D eigenvalue weighted by Crippen LogP contribution is -2.23. The minimum Gasteiger partial charge on any atom is -0.478 e. The van der Waals surface area contributed by atoms with Crippen LogP contribution >= 0.6 is 0 Å². The van der Waals surface area contributed by atoms with Crippen molar-refractivity contribution in [2.75, 3.05) is 0 Å². The van der Waals surface area contributed by atoms with Gasteiger partial charge in [0.25, 0.3) is 5.91 Å². The van der Waals surface area contributed by atoms with E-state index in [4.69, 9.17) is 9.63 Å². The van der Waals surface area contributed by atoms with E-state index in [0.29, 0.717) is 39.8 Å². The van der Waals surface area contributed by atoms with E-state index in [0.717, 1.165) is 21.9 Å². The highest BCUT2D eigenvalue weighted by molar-refractivity contribution is 6.08. The molecule has 6 rings (SSSR count). The third-order valence-corrected chi connectivity index (χ3v) is 6.96. The quantitative estimate of drug-likeness (QED) is 0.221. The Bertz CT molecular complexity index is 1930. The molecule has 0 radical (unpaired) electrons. The Morgan fingerprint density at radius 2 is 1.46 bits per heavy atom. The highest BCUT2D eigenvalue weighted by atomic mass is 19.1. The van der Waals surface area contributed by atoms with Gasteiger partial charge in [-0.05, 0) is 81.6 Å².